The molecule has 0 saturated carbocycles. The second-order valence-corrected chi connectivity index (χ2v) is 7.35. The Hall–Kier alpha value is -3.26. The van der Waals surface area contributed by atoms with E-state index in [0.717, 1.165) is 11.2 Å². The maximum absolute atomic E-state index is 12.5. The fourth-order valence-electron chi connectivity index (χ4n) is 3.44. The third-order valence-corrected chi connectivity index (χ3v) is 5.26. The monoisotopic (exact) mass is 411 g/mol. The molecule has 9 heteroatoms. The number of amides is 1. The first-order chi connectivity index (χ1) is 14.0. The first-order valence-electron chi connectivity index (χ1n) is 9.22. The number of carbonyl (C=O) groups excluding carboxylic acids is 1. The molecule has 1 fully saturated rings. The zero-order valence-electron chi connectivity index (χ0n) is 15.4. The molecule has 3 heterocycles. The van der Waals surface area contributed by atoms with E-state index >= 15 is 0 Å². The van der Waals surface area contributed by atoms with Crippen LogP contribution < -0.4 is 10.2 Å². The van der Waals surface area contributed by atoms with E-state index in [4.69, 9.17) is 11.6 Å². The SMILES string of the molecule is O=C(Nc1ccc(Cl)cn1)C1CCN(c2ccc3cc([N+](=O)[O-])ccc3n2)CC1. The molecule has 4 rings (SSSR count). The molecule has 1 saturated heterocycles. The second kappa shape index (κ2) is 8.00. The summed E-state index contributed by atoms with van der Waals surface area (Å²) in [6.07, 6.45) is 2.92. The molecule has 1 N–H and O–H groups in total. The van der Waals surface area contributed by atoms with Crippen LogP contribution in [0.15, 0.2) is 48.7 Å². The van der Waals surface area contributed by atoms with Gasteiger partial charge in [0.15, 0.2) is 0 Å². The Balaban J connectivity index is 1.39. The molecule has 0 aliphatic carbocycles. The number of nitrogens with one attached hydrogen (secondary N) is 1. The molecule has 2 aromatic heterocycles. The Morgan fingerprint density at radius 3 is 2.66 bits per heavy atom. The van der Waals surface area contributed by atoms with Gasteiger partial charge < -0.3 is 10.2 Å². The van der Waals surface area contributed by atoms with E-state index in [1.807, 2.05) is 12.1 Å². The zero-order valence-corrected chi connectivity index (χ0v) is 16.2. The lowest BCUT2D eigenvalue weighted by Crippen LogP contribution is -2.38. The summed E-state index contributed by atoms with van der Waals surface area (Å²) in [5.41, 5.74) is 0.760. The molecular weight excluding hydrogens is 394 g/mol. The van der Waals surface area contributed by atoms with Gasteiger partial charge in [-0.1, -0.05) is 11.6 Å². The lowest BCUT2D eigenvalue weighted by atomic mass is 9.96. The van der Waals surface area contributed by atoms with Crippen LogP contribution in [0.25, 0.3) is 10.9 Å². The molecule has 1 aromatic carbocycles. The standard InChI is InChI=1S/C20H18ClN5O3/c21-15-2-5-18(22-12-15)24-20(27)13-7-9-25(10-8-13)19-6-1-14-11-16(26(28)29)3-4-17(14)23-19/h1-6,11-13H,7-10H2,(H,22,24,27). The molecule has 8 nitrogen and oxygen atoms in total. The average molecular weight is 412 g/mol. The van der Waals surface area contributed by atoms with E-state index in [0.29, 0.717) is 42.3 Å². The molecule has 29 heavy (non-hydrogen) atoms. The second-order valence-electron chi connectivity index (χ2n) is 6.92. The van der Waals surface area contributed by atoms with Crippen molar-refractivity contribution in [2.45, 2.75) is 12.8 Å². The largest absolute Gasteiger partial charge is 0.357 e. The van der Waals surface area contributed by atoms with Crippen LogP contribution in [0.2, 0.25) is 5.02 Å². The summed E-state index contributed by atoms with van der Waals surface area (Å²) in [6, 6.07) is 11.7. The quantitative estimate of drug-likeness (QED) is 0.513. The first kappa shape index (κ1) is 19.1. The number of rotatable bonds is 4. The highest BCUT2D eigenvalue weighted by Gasteiger charge is 2.26. The van der Waals surface area contributed by atoms with Crippen LogP contribution in [-0.2, 0) is 4.79 Å². The number of aromatic nitrogens is 2. The molecule has 1 amide bonds. The van der Waals surface area contributed by atoms with Gasteiger partial charge in [-0.25, -0.2) is 9.97 Å². The van der Waals surface area contributed by atoms with Crippen molar-refractivity contribution in [1.29, 1.82) is 0 Å². The maximum atomic E-state index is 12.5. The van der Waals surface area contributed by atoms with Gasteiger partial charge >= 0.3 is 0 Å². The molecule has 0 bridgehead atoms. The van der Waals surface area contributed by atoms with Gasteiger partial charge in [0.25, 0.3) is 5.69 Å². The predicted octanol–water partition coefficient (Wildman–Crippen LogP) is 4.05. The third kappa shape index (κ3) is 4.27. The Morgan fingerprint density at radius 1 is 1.17 bits per heavy atom. The summed E-state index contributed by atoms with van der Waals surface area (Å²) >= 11 is 5.81. The fourth-order valence-corrected chi connectivity index (χ4v) is 3.55. The number of pyridine rings is 2. The number of piperidine rings is 1. The van der Waals surface area contributed by atoms with Gasteiger partial charge in [-0.3, -0.25) is 14.9 Å². The number of nitrogens with zero attached hydrogens (tertiary/aromatic N) is 4. The van der Waals surface area contributed by atoms with E-state index in [2.05, 4.69) is 20.2 Å². The lowest BCUT2D eigenvalue weighted by molar-refractivity contribution is -0.384. The summed E-state index contributed by atoms with van der Waals surface area (Å²) in [5, 5.41) is 15.0. The summed E-state index contributed by atoms with van der Waals surface area (Å²) in [6.45, 7) is 1.41. The molecular formula is C20H18ClN5O3. The first-order valence-corrected chi connectivity index (χ1v) is 9.60. The van der Waals surface area contributed by atoms with Crippen molar-refractivity contribution in [2.75, 3.05) is 23.3 Å². The number of carbonyl (C=O) groups is 1. The molecule has 0 atom stereocenters. The Kier molecular flexibility index (Phi) is 5.26. The Morgan fingerprint density at radius 2 is 1.97 bits per heavy atom. The number of non-ortho nitro benzene ring substituents is 1. The number of nitro groups is 1. The lowest BCUT2D eigenvalue weighted by Gasteiger charge is -2.32. The summed E-state index contributed by atoms with van der Waals surface area (Å²) < 4.78 is 0. The van der Waals surface area contributed by atoms with Crippen LogP contribution in [-0.4, -0.2) is 33.9 Å². The van der Waals surface area contributed by atoms with Gasteiger partial charge in [-0.15, -0.1) is 0 Å². The van der Waals surface area contributed by atoms with Gasteiger partial charge in [0.05, 0.1) is 15.5 Å². The van der Waals surface area contributed by atoms with Crippen molar-refractivity contribution in [3.63, 3.8) is 0 Å². The summed E-state index contributed by atoms with van der Waals surface area (Å²) in [5.74, 6) is 1.17. The van der Waals surface area contributed by atoms with Crippen molar-refractivity contribution in [3.05, 3.63) is 63.8 Å². The summed E-state index contributed by atoms with van der Waals surface area (Å²) in [7, 11) is 0. The Labute approximate surface area is 171 Å². The predicted molar refractivity (Wildman–Crippen MR) is 111 cm³/mol. The number of fused-ring (bicyclic) bond motifs is 1. The van der Waals surface area contributed by atoms with Crippen molar-refractivity contribution in [3.8, 4) is 0 Å². The highest BCUT2D eigenvalue weighted by molar-refractivity contribution is 6.30. The van der Waals surface area contributed by atoms with Gasteiger partial charge in [0.1, 0.15) is 11.6 Å². The number of hydrogen-bond acceptors (Lipinski definition) is 6. The average Bonchev–Trinajstić information content (AvgIpc) is 2.74. The van der Waals surface area contributed by atoms with Crippen LogP contribution in [0, 0.1) is 16.0 Å². The minimum atomic E-state index is -0.414. The van der Waals surface area contributed by atoms with E-state index in [9.17, 15) is 14.9 Å². The van der Waals surface area contributed by atoms with Crippen LogP contribution >= 0.6 is 11.6 Å². The zero-order chi connectivity index (χ0) is 20.4. The van der Waals surface area contributed by atoms with Crippen LogP contribution in [0.1, 0.15) is 12.8 Å². The van der Waals surface area contributed by atoms with Crippen molar-refractivity contribution in [1.82, 2.24) is 9.97 Å². The highest BCUT2D eigenvalue weighted by Crippen LogP contribution is 2.26. The molecule has 3 aromatic rings. The van der Waals surface area contributed by atoms with Crippen LogP contribution in [0.3, 0.4) is 0 Å². The third-order valence-electron chi connectivity index (χ3n) is 5.04. The highest BCUT2D eigenvalue weighted by atomic mass is 35.5. The molecule has 1 aliphatic rings. The van der Waals surface area contributed by atoms with Gasteiger partial charge in [0.2, 0.25) is 5.91 Å². The molecule has 0 unspecified atom stereocenters. The van der Waals surface area contributed by atoms with Crippen molar-refractivity contribution in [2.24, 2.45) is 5.92 Å². The minimum Gasteiger partial charge on any atom is -0.357 e. The van der Waals surface area contributed by atoms with E-state index in [1.165, 1.54) is 18.3 Å². The number of hydrogen-bond donors (Lipinski definition) is 1. The molecule has 148 valence electrons. The van der Waals surface area contributed by atoms with E-state index in [1.54, 1.807) is 18.2 Å². The minimum absolute atomic E-state index is 0.0433. The molecule has 0 spiro atoms. The van der Waals surface area contributed by atoms with Gasteiger partial charge in [-0.05, 0) is 43.2 Å². The number of anilines is 2. The Bertz CT molecular complexity index is 1070. The molecule has 1 aliphatic heterocycles. The summed E-state index contributed by atoms with van der Waals surface area (Å²) in [4.78, 5) is 33.8. The van der Waals surface area contributed by atoms with Crippen molar-refractivity contribution < 1.29 is 9.72 Å². The van der Waals surface area contributed by atoms with Crippen LogP contribution in [0.5, 0.6) is 0 Å². The van der Waals surface area contributed by atoms with Crippen molar-refractivity contribution >= 4 is 45.7 Å². The number of halogens is 1. The number of nitro benzene ring substituents is 1. The van der Waals surface area contributed by atoms with Crippen LogP contribution in [0.4, 0.5) is 17.3 Å². The number of benzene rings is 1. The van der Waals surface area contributed by atoms with Gasteiger partial charge in [-0.2, -0.15) is 0 Å². The normalized spacial score (nSPS) is 14.7. The van der Waals surface area contributed by atoms with E-state index in [-0.39, 0.29) is 17.5 Å². The fraction of sp³-hybridized carbons (Fsp3) is 0.250. The topological polar surface area (TPSA) is 101 Å². The maximum Gasteiger partial charge on any atom is 0.270 e. The van der Waals surface area contributed by atoms with Gasteiger partial charge in [0, 0.05) is 42.7 Å². The van der Waals surface area contributed by atoms with E-state index < -0.39 is 4.92 Å². The smallest absolute Gasteiger partial charge is 0.270 e. The molecule has 0 radical (unpaired) electrons.